The third-order valence-corrected chi connectivity index (χ3v) is 3.39. The summed E-state index contributed by atoms with van der Waals surface area (Å²) < 4.78 is 12.4. The van der Waals surface area contributed by atoms with E-state index in [9.17, 15) is 0 Å². The number of hydrogen-bond acceptors (Lipinski definition) is 4. The molecule has 1 heterocycles. The molecule has 0 radical (unpaired) electrons. The topological polar surface area (TPSA) is 60.3 Å². The van der Waals surface area contributed by atoms with Crippen LogP contribution in [0.4, 0.5) is 5.69 Å². The predicted molar refractivity (Wildman–Crippen MR) is 90.5 cm³/mol. The molecule has 118 valence electrons. The Kier molecular flexibility index (Phi) is 5.60. The lowest BCUT2D eigenvalue weighted by atomic mass is 10.3. The summed E-state index contributed by atoms with van der Waals surface area (Å²) in [5, 5.41) is 11.0. The average molecular weight is 320 g/mol. The summed E-state index contributed by atoms with van der Waals surface area (Å²) in [7, 11) is 3.22. The highest BCUT2D eigenvalue weighted by Gasteiger charge is 2.05. The van der Waals surface area contributed by atoms with Crippen molar-refractivity contribution in [1.82, 2.24) is 15.1 Å². The van der Waals surface area contributed by atoms with Crippen LogP contribution < -0.4 is 20.1 Å². The minimum Gasteiger partial charge on any atom is -0.497 e. The summed E-state index contributed by atoms with van der Waals surface area (Å²) >= 11 is 5.31. The van der Waals surface area contributed by atoms with Gasteiger partial charge in [-0.15, -0.1) is 0 Å². The Morgan fingerprint density at radius 3 is 2.50 bits per heavy atom. The Bertz CT molecular complexity index is 620. The number of methoxy groups -OCH3 is 2. The molecule has 0 aliphatic heterocycles. The SMILES string of the molecule is CCn1nccc1CNC(=S)Nc1cc(OC)cc(OC)c1. The standard InChI is InChI=1S/C15H20N4O2S/c1-4-19-12(5-6-17-19)10-16-15(22)18-11-7-13(20-2)9-14(8-11)21-3/h5-9H,4,10H2,1-3H3,(H2,16,18,22). The van der Waals surface area contributed by atoms with Gasteiger partial charge in [0.25, 0.3) is 0 Å². The fourth-order valence-electron chi connectivity index (χ4n) is 2.02. The molecule has 0 fully saturated rings. The lowest BCUT2D eigenvalue weighted by Crippen LogP contribution is -2.28. The van der Waals surface area contributed by atoms with E-state index in [0.717, 1.165) is 17.9 Å². The smallest absolute Gasteiger partial charge is 0.171 e. The predicted octanol–water partition coefficient (Wildman–Crippen LogP) is 2.41. The highest BCUT2D eigenvalue weighted by atomic mass is 32.1. The first-order chi connectivity index (χ1) is 10.7. The van der Waals surface area contributed by atoms with Gasteiger partial charge in [0, 0.05) is 36.6 Å². The lowest BCUT2D eigenvalue weighted by molar-refractivity contribution is 0.395. The van der Waals surface area contributed by atoms with Crippen molar-refractivity contribution < 1.29 is 9.47 Å². The molecule has 1 aromatic heterocycles. The van der Waals surface area contributed by atoms with Crippen LogP contribution in [0.5, 0.6) is 11.5 Å². The number of rotatable bonds is 6. The first kappa shape index (κ1) is 16.1. The molecule has 2 N–H and O–H groups in total. The van der Waals surface area contributed by atoms with Crippen molar-refractivity contribution in [2.24, 2.45) is 0 Å². The van der Waals surface area contributed by atoms with Crippen LogP contribution in [0.1, 0.15) is 12.6 Å². The molecule has 0 atom stereocenters. The van der Waals surface area contributed by atoms with Gasteiger partial charge < -0.3 is 20.1 Å². The minimum atomic E-state index is 0.527. The molecule has 6 nitrogen and oxygen atoms in total. The van der Waals surface area contributed by atoms with Gasteiger partial charge in [-0.05, 0) is 25.2 Å². The van der Waals surface area contributed by atoms with Crippen molar-refractivity contribution in [2.45, 2.75) is 20.0 Å². The average Bonchev–Trinajstić information content (AvgIpc) is 3.00. The van der Waals surface area contributed by atoms with Crippen molar-refractivity contribution in [2.75, 3.05) is 19.5 Å². The summed E-state index contributed by atoms with van der Waals surface area (Å²) in [4.78, 5) is 0. The van der Waals surface area contributed by atoms with Crippen molar-refractivity contribution in [1.29, 1.82) is 0 Å². The molecule has 1 aromatic carbocycles. The zero-order chi connectivity index (χ0) is 15.9. The molecule has 0 spiro atoms. The fraction of sp³-hybridized carbons (Fsp3) is 0.333. The van der Waals surface area contributed by atoms with Crippen LogP contribution in [0.2, 0.25) is 0 Å². The summed E-state index contributed by atoms with van der Waals surface area (Å²) in [5.41, 5.74) is 1.88. The Balaban J connectivity index is 1.97. The number of thiocarbonyl (C=S) groups is 1. The lowest BCUT2D eigenvalue weighted by Gasteiger charge is -2.13. The number of aromatic nitrogens is 2. The van der Waals surface area contributed by atoms with Gasteiger partial charge in [-0.3, -0.25) is 4.68 Å². The van der Waals surface area contributed by atoms with E-state index in [-0.39, 0.29) is 0 Å². The van der Waals surface area contributed by atoms with Crippen molar-refractivity contribution in [3.8, 4) is 11.5 Å². The summed E-state index contributed by atoms with van der Waals surface area (Å²) in [6.45, 7) is 3.49. The van der Waals surface area contributed by atoms with Crippen molar-refractivity contribution >= 4 is 23.0 Å². The molecular weight excluding hydrogens is 300 g/mol. The second-order valence-electron chi connectivity index (χ2n) is 4.55. The van der Waals surface area contributed by atoms with E-state index in [4.69, 9.17) is 21.7 Å². The largest absolute Gasteiger partial charge is 0.497 e. The monoisotopic (exact) mass is 320 g/mol. The van der Waals surface area contributed by atoms with Gasteiger partial charge in [0.05, 0.1) is 26.5 Å². The van der Waals surface area contributed by atoms with Gasteiger partial charge in [-0.25, -0.2) is 0 Å². The molecule has 0 aliphatic rings. The molecule has 7 heteroatoms. The van der Waals surface area contributed by atoms with Crippen molar-refractivity contribution in [3.63, 3.8) is 0 Å². The van der Waals surface area contributed by atoms with E-state index in [2.05, 4.69) is 22.7 Å². The Morgan fingerprint density at radius 1 is 1.23 bits per heavy atom. The van der Waals surface area contributed by atoms with E-state index in [1.54, 1.807) is 20.4 Å². The number of nitrogens with zero attached hydrogens (tertiary/aromatic N) is 2. The third kappa shape index (κ3) is 4.11. The van der Waals surface area contributed by atoms with Gasteiger partial charge in [0.2, 0.25) is 0 Å². The summed E-state index contributed by atoms with van der Waals surface area (Å²) in [6, 6.07) is 7.48. The second-order valence-corrected chi connectivity index (χ2v) is 4.96. The molecule has 0 aliphatic carbocycles. The van der Waals surface area contributed by atoms with Gasteiger partial charge in [0.15, 0.2) is 5.11 Å². The quantitative estimate of drug-likeness (QED) is 0.797. The van der Waals surface area contributed by atoms with E-state index in [1.165, 1.54) is 0 Å². The van der Waals surface area contributed by atoms with Crippen LogP contribution in [0.3, 0.4) is 0 Å². The zero-order valence-corrected chi connectivity index (χ0v) is 13.7. The highest BCUT2D eigenvalue weighted by Crippen LogP contribution is 2.25. The Morgan fingerprint density at radius 2 is 1.91 bits per heavy atom. The number of hydrogen-bond donors (Lipinski definition) is 2. The molecule has 0 unspecified atom stereocenters. The number of ether oxygens (including phenoxy) is 2. The van der Waals surface area contributed by atoms with Crippen molar-refractivity contribution in [3.05, 3.63) is 36.2 Å². The number of aryl methyl sites for hydroxylation is 1. The van der Waals surface area contributed by atoms with Crippen LogP contribution in [0.25, 0.3) is 0 Å². The third-order valence-electron chi connectivity index (χ3n) is 3.14. The molecule has 0 bridgehead atoms. The van der Waals surface area contributed by atoms with Crippen LogP contribution in [0, 0.1) is 0 Å². The molecule has 0 saturated carbocycles. The molecule has 22 heavy (non-hydrogen) atoms. The molecule has 2 rings (SSSR count). The van der Waals surface area contributed by atoms with E-state index in [0.29, 0.717) is 23.2 Å². The minimum absolute atomic E-state index is 0.527. The van der Waals surface area contributed by atoms with Crippen LogP contribution in [-0.2, 0) is 13.1 Å². The molecule has 0 saturated heterocycles. The zero-order valence-electron chi connectivity index (χ0n) is 12.9. The number of benzene rings is 1. The summed E-state index contributed by atoms with van der Waals surface area (Å²) in [6.07, 6.45) is 1.78. The molecular formula is C15H20N4O2S. The maximum absolute atomic E-state index is 5.31. The molecule has 2 aromatic rings. The fourth-order valence-corrected chi connectivity index (χ4v) is 2.21. The van der Waals surface area contributed by atoms with Crippen LogP contribution >= 0.6 is 12.2 Å². The van der Waals surface area contributed by atoms with E-state index in [1.807, 2.05) is 28.9 Å². The molecule has 0 amide bonds. The Labute approximate surface area is 135 Å². The second kappa shape index (κ2) is 7.65. The maximum atomic E-state index is 5.31. The van der Waals surface area contributed by atoms with Gasteiger partial charge in [0.1, 0.15) is 11.5 Å². The van der Waals surface area contributed by atoms with Crippen LogP contribution in [-0.4, -0.2) is 29.1 Å². The maximum Gasteiger partial charge on any atom is 0.171 e. The van der Waals surface area contributed by atoms with E-state index < -0.39 is 0 Å². The summed E-state index contributed by atoms with van der Waals surface area (Å²) in [5.74, 6) is 1.41. The first-order valence-electron chi connectivity index (χ1n) is 6.95. The van der Waals surface area contributed by atoms with Crippen LogP contribution in [0.15, 0.2) is 30.5 Å². The highest BCUT2D eigenvalue weighted by molar-refractivity contribution is 7.80. The normalized spacial score (nSPS) is 10.1. The first-order valence-corrected chi connectivity index (χ1v) is 7.35. The number of nitrogens with one attached hydrogen (secondary N) is 2. The van der Waals surface area contributed by atoms with Gasteiger partial charge in [-0.2, -0.15) is 5.10 Å². The number of anilines is 1. The van der Waals surface area contributed by atoms with Gasteiger partial charge in [-0.1, -0.05) is 0 Å². The van der Waals surface area contributed by atoms with E-state index >= 15 is 0 Å². The Hall–Kier alpha value is -2.28. The van der Waals surface area contributed by atoms with Gasteiger partial charge >= 0.3 is 0 Å².